The third-order valence-corrected chi connectivity index (χ3v) is 4.91. The van der Waals surface area contributed by atoms with Crippen LogP contribution in [0.15, 0.2) is 35.5 Å². The highest BCUT2D eigenvalue weighted by Crippen LogP contribution is 2.30. The highest BCUT2D eigenvalue weighted by Gasteiger charge is 2.34. The summed E-state index contributed by atoms with van der Waals surface area (Å²) in [5.41, 5.74) is 1.09. The number of likely N-dealkylation sites (tertiary alicyclic amines) is 1. The van der Waals surface area contributed by atoms with Gasteiger partial charge in [0, 0.05) is 25.4 Å². The molecular weight excluding hydrogens is 340 g/mol. The number of hydrogen-bond acceptors (Lipinski definition) is 6. The maximum absolute atomic E-state index is 12.4. The molecule has 0 spiro atoms. The Morgan fingerprint density at radius 1 is 1.32 bits per heavy atom. The fourth-order valence-corrected chi connectivity index (χ4v) is 3.50. The van der Waals surface area contributed by atoms with Crippen molar-refractivity contribution in [3.8, 4) is 0 Å². The Balaban J connectivity index is 1.78. The number of carbonyl (C=O) groups is 2. The molecule has 1 aliphatic rings. The van der Waals surface area contributed by atoms with E-state index in [9.17, 15) is 9.59 Å². The first kappa shape index (κ1) is 17.5. The van der Waals surface area contributed by atoms with E-state index in [0.717, 1.165) is 5.56 Å². The molecule has 1 aromatic heterocycles. The lowest BCUT2D eigenvalue weighted by Gasteiger charge is -2.17. The van der Waals surface area contributed by atoms with Crippen LogP contribution in [0.5, 0.6) is 0 Å². The largest absolute Gasteiger partial charge is 0.468 e. The van der Waals surface area contributed by atoms with Gasteiger partial charge in [-0.25, -0.2) is 0 Å². The van der Waals surface area contributed by atoms with Crippen LogP contribution in [0.3, 0.4) is 0 Å². The summed E-state index contributed by atoms with van der Waals surface area (Å²) in [7, 11) is 1.35. The second-order valence-corrected chi connectivity index (χ2v) is 6.64. The summed E-state index contributed by atoms with van der Waals surface area (Å²) in [6.07, 6.45) is 2.25. The lowest BCUT2D eigenvalue weighted by molar-refractivity contribution is -0.141. The van der Waals surface area contributed by atoms with Gasteiger partial charge in [0.1, 0.15) is 12.4 Å². The van der Waals surface area contributed by atoms with E-state index < -0.39 is 0 Å². The van der Waals surface area contributed by atoms with Gasteiger partial charge in [-0.3, -0.25) is 14.2 Å². The molecule has 2 heterocycles. The lowest BCUT2D eigenvalue weighted by atomic mass is 10.1. The number of amides is 1. The SMILES string of the molecule is COC(=O)Cn1c(SC)nnc1C1CC(=O)N(Cc2ccccc2)C1. The Labute approximate surface area is 150 Å². The van der Waals surface area contributed by atoms with Gasteiger partial charge in [-0.2, -0.15) is 0 Å². The van der Waals surface area contributed by atoms with E-state index in [1.807, 2.05) is 41.5 Å². The second kappa shape index (κ2) is 7.69. The van der Waals surface area contributed by atoms with Crippen molar-refractivity contribution in [2.45, 2.75) is 30.6 Å². The van der Waals surface area contributed by atoms with Crippen LogP contribution in [0.4, 0.5) is 0 Å². The molecule has 25 heavy (non-hydrogen) atoms. The van der Waals surface area contributed by atoms with E-state index in [1.54, 1.807) is 4.57 Å². The van der Waals surface area contributed by atoms with Crippen molar-refractivity contribution in [2.75, 3.05) is 19.9 Å². The number of methoxy groups -OCH3 is 1. The van der Waals surface area contributed by atoms with Gasteiger partial charge in [0.05, 0.1) is 7.11 Å². The van der Waals surface area contributed by atoms with Gasteiger partial charge in [-0.15, -0.1) is 10.2 Å². The monoisotopic (exact) mass is 360 g/mol. The Hall–Kier alpha value is -2.35. The average molecular weight is 360 g/mol. The summed E-state index contributed by atoms with van der Waals surface area (Å²) in [4.78, 5) is 25.9. The smallest absolute Gasteiger partial charge is 0.325 e. The molecule has 1 amide bonds. The van der Waals surface area contributed by atoms with E-state index in [2.05, 4.69) is 10.2 Å². The number of esters is 1. The zero-order chi connectivity index (χ0) is 17.8. The van der Waals surface area contributed by atoms with Gasteiger partial charge in [-0.05, 0) is 11.8 Å². The number of aromatic nitrogens is 3. The molecule has 1 saturated heterocycles. The molecule has 0 aliphatic carbocycles. The Morgan fingerprint density at radius 3 is 2.76 bits per heavy atom. The van der Waals surface area contributed by atoms with Crippen molar-refractivity contribution in [3.05, 3.63) is 41.7 Å². The number of thioether (sulfide) groups is 1. The first-order chi connectivity index (χ1) is 12.1. The van der Waals surface area contributed by atoms with E-state index >= 15 is 0 Å². The molecule has 132 valence electrons. The molecule has 2 aromatic rings. The first-order valence-electron chi connectivity index (χ1n) is 7.98. The standard InChI is InChI=1S/C17H20N4O3S/c1-24-15(23)11-21-16(18-19-17(21)25-2)13-8-14(22)20(10-13)9-12-6-4-3-5-7-12/h3-7,13H,8-11H2,1-2H3. The third-order valence-electron chi connectivity index (χ3n) is 4.24. The third kappa shape index (κ3) is 3.84. The van der Waals surface area contributed by atoms with Gasteiger partial charge >= 0.3 is 5.97 Å². The molecule has 8 heteroatoms. The van der Waals surface area contributed by atoms with Gasteiger partial charge < -0.3 is 9.64 Å². The highest BCUT2D eigenvalue weighted by atomic mass is 32.2. The second-order valence-electron chi connectivity index (χ2n) is 5.87. The number of ether oxygens (including phenoxy) is 1. The van der Waals surface area contributed by atoms with E-state index in [1.165, 1.54) is 18.9 Å². The normalized spacial score (nSPS) is 17.1. The van der Waals surface area contributed by atoms with Crippen molar-refractivity contribution in [3.63, 3.8) is 0 Å². The quantitative estimate of drug-likeness (QED) is 0.576. The zero-order valence-electron chi connectivity index (χ0n) is 14.2. The molecule has 0 radical (unpaired) electrons. The molecule has 1 fully saturated rings. The number of rotatable bonds is 6. The molecule has 1 aromatic carbocycles. The Kier molecular flexibility index (Phi) is 5.37. The average Bonchev–Trinajstić information content (AvgIpc) is 3.19. The van der Waals surface area contributed by atoms with Crippen LogP contribution >= 0.6 is 11.8 Å². The number of carbonyl (C=O) groups excluding carboxylic acids is 2. The van der Waals surface area contributed by atoms with Crippen LogP contribution in [0.25, 0.3) is 0 Å². The predicted molar refractivity (Wildman–Crippen MR) is 93.0 cm³/mol. The van der Waals surface area contributed by atoms with Crippen molar-refractivity contribution in [2.24, 2.45) is 0 Å². The molecule has 7 nitrogen and oxygen atoms in total. The van der Waals surface area contributed by atoms with Crippen LogP contribution in [0.2, 0.25) is 0 Å². The van der Waals surface area contributed by atoms with Crippen LogP contribution in [0, 0.1) is 0 Å². The maximum Gasteiger partial charge on any atom is 0.325 e. The molecule has 0 saturated carbocycles. The van der Waals surface area contributed by atoms with Crippen LogP contribution < -0.4 is 0 Å². The molecule has 0 N–H and O–H groups in total. The molecular formula is C17H20N4O3S. The summed E-state index contributed by atoms with van der Waals surface area (Å²) < 4.78 is 6.51. The summed E-state index contributed by atoms with van der Waals surface area (Å²) in [6, 6.07) is 9.89. The van der Waals surface area contributed by atoms with E-state index in [-0.39, 0.29) is 24.3 Å². The fourth-order valence-electron chi connectivity index (χ4n) is 3.00. The predicted octanol–water partition coefficient (Wildman–Crippen LogP) is 1.69. The van der Waals surface area contributed by atoms with Crippen LogP contribution in [-0.4, -0.2) is 51.5 Å². The van der Waals surface area contributed by atoms with Crippen LogP contribution in [-0.2, 0) is 27.4 Å². The van der Waals surface area contributed by atoms with Crippen molar-refractivity contribution in [1.82, 2.24) is 19.7 Å². The van der Waals surface area contributed by atoms with Crippen molar-refractivity contribution >= 4 is 23.6 Å². The van der Waals surface area contributed by atoms with Crippen molar-refractivity contribution in [1.29, 1.82) is 0 Å². The number of benzene rings is 1. The maximum atomic E-state index is 12.4. The summed E-state index contributed by atoms with van der Waals surface area (Å²) in [5.74, 6) is 0.321. The number of nitrogens with zero attached hydrogens (tertiary/aromatic N) is 4. The van der Waals surface area contributed by atoms with Gasteiger partial charge in [0.25, 0.3) is 0 Å². The molecule has 1 aliphatic heterocycles. The first-order valence-corrected chi connectivity index (χ1v) is 9.20. The zero-order valence-corrected chi connectivity index (χ0v) is 15.0. The van der Waals surface area contributed by atoms with E-state index in [0.29, 0.717) is 30.5 Å². The topological polar surface area (TPSA) is 77.3 Å². The molecule has 1 atom stereocenters. The minimum atomic E-state index is -0.359. The number of hydrogen-bond donors (Lipinski definition) is 0. The van der Waals surface area contributed by atoms with Crippen molar-refractivity contribution < 1.29 is 14.3 Å². The Morgan fingerprint density at radius 2 is 2.08 bits per heavy atom. The highest BCUT2D eigenvalue weighted by molar-refractivity contribution is 7.98. The summed E-state index contributed by atoms with van der Waals surface area (Å²) in [6.45, 7) is 1.20. The van der Waals surface area contributed by atoms with Gasteiger partial charge in [0.2, 0.25) is 5.91 Å². The van der Waals surface area contributed by atoms with Gasteiger partial charge in [0.15, 0.2) is 5.16 Å². The fraction of sp³-hybridized carbons (Fsp3) is 0.412. The Bertz CT molecular complexity index is 763. The van der Waals surface area contributed by atoms with E-state index in [4.69, 9.17) is 4.74 Å². The summed E-state index contributed by atoms with van der Waals surface area (Å²) >= 11 is 1.41. The van der Waals surface area contributed by atoms with Gasteiger partial charge in [-0.1, -0.05) is 42.1 Å². The summed E-state index contributed by atoms with van der Waals surface area (Å²) in [5, 5.41) is 9.02. The minimum absolute atomic E-state index is 0.0540. The minimum Gasteiger partial charge on any atom is -0.468 e. The molecule has 1 unspecified atom stereocenters. The lowest BCUT2D eigenvalue weighted by Crippen LogP contribution is -2.25. The molecule has 3 rings (SSSR count). The molecule has 0 bridgehead atoms. The van der Waals surface area contributed by atoms with Crippen LogP contribution in [0.1, 0.15) is 23.7 Å².